The number of phenols is 1. The normalized spacial score (nSPS) is 16.5. The number of para-hydroxylation sites is 1. The average Bonchev–Trinajstić information content (AvgIpc) is 3.27. The first-order valence-electron chi connectivity index (χ1n) is 11.2. The van der Waals surface area contributed by atoms with E-state index in [1.807, 2.05) is 0 Å². The standard InChI is InChI=1S/C25H20F3N3O5S/c26-25(27,28)17-5-6-18(21(32)13-17)19-11-15(7-9-29-19)14-30-24(33)20-8-10-31(20)37(34,35)23-12-16-3-1-2-4-22(16)36-23/h1-7,9,11-13,20,32H,8,10,14H2,(H,30,33)/t20-/m0/s1. The van der Waals surface area contributed by atoms with Crippen LogP contribution in [0.1, 0.15) is 17.5 Å². The highest BCUT2D eigenvalue weighted by Crippen LogP contribution is 2.36. The summed E-state index contributed by atoms with van der Waals surface area (Å²) in [5.74, 6) is -1.08. The van der Waals surface area contributed by atoms with Gasteiger partial charge in [0.25, 0.3) is 10.0 Å². The molecule has 3 heterocycles. The van der Waals surface area contributed by atoms with Crippen LogP contribution in [-0.2, 0) is 27.5 Å². The Kier molecular flexibility index (Phi) is 6.16. The average molecular weight is 532 g/mol. The van der Waals surface area contributed by atoms with Gasteiger partial charge in [0.05, 0.1) is 11.3 Å². The lowest BCUT2D eigenvalue weighted by atomic mass is 10.0. The molecule has 5 rings (SSSR count). The van der Waals surface area contributed by atoms with Crippen LogP contribution in [0.3, 0.4) is 0 Å². The molecule has 0 aliphatic carbocycles. The molecule has 2 aromatic carbocycles. The van der Waals surface area contributed by atoms with E-state index in [2.05, 4.69) is 10.3 Å². The molecule has 1 fully saturated rings. The zero-order valence-electron chi connectivity index (χ0n) is 19.1. The van der Waals surface area contributed by atoms with Crippen molar-refractivity contribution in [3.8, 4) is 17.0 Å². The monoisotopic (exact) mass is 531 g/mol. The van der Waals surface area contributed by atoms with Gasteiger partial charge >= 0.3 is 6.18 Å². The Labute approximate surface area is 209 Å². The van der Waals surface area contributed by atoms with E-state index in [-0.39, 0.29) is 29.4 Å². The van der Waals surface area contributed by atoms with Gasteiger partial charge in [-0.15, -0.1) is 0 Å². The predicted octanol–water partition coefficient (Wildman–Crippen LogP) is 4.30. The summed E-state index contributed by atoms with van der Waals surface area (Å²) in [6.45, 7) is 0.189. The van der Waals surface area contributed by atoms with E-state index >= 15 is 0 Å². The fraction of sp³-hybridized carbons (Fsp3) is 0.200. The van der Waals surface area contributed by atoms with E-state index in [9.17, 15) is 31.5 Å². The van der Waals surface area contributed by atoms with Crippen LogP contribution in [0, 0.1) is 0 Å². The highest BCUT2D eigenvalue weighted by atomic mass is 32.2. The van der Waals surface area contributed by atoms with Crippen molar-refractivity contribution in [3.63, 3.8) is 0 Å². The number of fused-ring (bicyclic) bond motifs is 1. The van der Waals surface area contributed by atoms with Crippen molar-refractivity contribution in [2.45, 2.75) is 30.3 Å². The number of aromatic hydroxyl groups is 1. The Morgan fingerprint density at radius 1 is 1.14 bits per heavy atom. The number of sulfonamides is 1. The fourth-order valence-corrected chi connectivity index (χ4v) is 5.66. The lowest BCUT2D eigenvalue weighted by Gasteiger charge is -2.37. The summed E-state index contributed by atoms with van der Waals surface area (Å²) in [5, 5.41) is 13.2. The number of pyridine rings is 1. The van der Waals surface area contributed by atoms with Crippen molar-refractivity contribution < 1.29 is 35.9 Å². The molecular formula is C25H20F3N3O5S. The summed E-state index contributed by atoms with van der Waals surface area (Å²) in [4.78, 5) is 16.9. The zero-order valence-corrected chi connectivity index (χ0v) is 19.9. The maximum atomic E-state index is 13.0. The number of phenolic OH excluding ortho intramolecular Hbond substituents is 1. The van der Waals surface area contributed by atoms with Crippen LogP contribution in [0.25, 0.3) is 22.2 Å². The molecule has 0 unspecified atom stereocenters. The second-order valence-corrected chi connectivity index (χ2v) is 10.3. The molecule has 2 N–H and O–H groups in total. The van der Waals surface area contributed by atoms with Crippen LogP contribution < -0.4 is 5.32 Å². The van der Waals surface area contributed by atoms with Crippen LogP contribution in [-0.4, -0.2) is 41.3 Å². The number of carbonyl (C=O) groups excluding carboxylic acids is 1. The van der Waals surface area contributed by atoms with Crippen LogP contribution in [0.4, 0.5) is 13.2 Å². The number of benzene rings is 2. The van der Waals surface area contributed by atoms with Crippen molar-refractivity contribution in [2.75, 3.05) is 6.54 Å². The number of carbonyl (C=O) groups is 1. The Balaban J connectivity index is 1.27. The lowest BCUT2D eigenvalue weighted by Crippen LogP contribution is -2.57. The van der Waals surface area contributed by atoms with Gasteiger partial charge in [-0.3, -0.25) is 9.78 Å². The Morgan fingerprint density at radius 3 is 2.59 bits per heavy atom. The van der Waals surface area contributed by atoms with Gasteiger partial charge in [0.1, 0.15) is 17.4 Å². The highest BCUT2D eigenvalue weighted by molar-refractivity contribution is 7.89. The number of aromatic nitrogens is 1. The van der Waals surface area contributed by atoms with Gasteiger partial charge in [-0.1, -0.05) is 18.2 Å². The van der Waals surface area contributed by atoms with E-state index < -0.39 is 39.5 Å². The molecule has 1 aliphatic rings. The molecule has 1 amide bonds. The van der Waals surface area contributed by atoms with Gasteiger partial charge < -0.3 is 14.8 Å². The summed E-state index contributed by atoms with van der Waals surface area (Å²) in [7, 11) is -4.01. The van der Waals surface area contributed by atoms with E-state index in [4.69, 9.17) is 4.42 Å². The van der Waals surface area contributed by atoms with E-state index in [0.29, 0.717) is 29.0 Å². The Morgan fingerprint density at radius 2 is 1.92 bits per heavy atom. The largest absolute Gasteiger partial charge is 0.507 e. The van der Waals surface area contributed by atoms with Gasteiger partial charge in [0, 0.05) is 36.3 Å². The number of hydrogen-bond donors (Lipinski definition) is 2. The third-order valence-electron chi connectivity index (χ3n) is 6.13. The number of hydrogen-bond acceptors (Lipinski definition) is 6. The maximum absolute atomic E-state index is 13.0. The molecule has 2 aromatic heterocycles. The lowest BCUT2D eigenvalue weighted by molar-refractivity contribution is -0.137. The molecule has 0 spiro atoms. The number of nitrogens with zero attached hydrogens (tertiary/aromatic N) is 2. The third-order valence-corrected chi connectivity index (χ3v) is 7.90. The molecule has 12 heteroatoms. The second kappa shape index (κ2) is 9.20. The molecule has 8 nitrogen and oxygen atoms in total. The van der Waals surface area contributed by atoms with Crippen molar-refractivity contribution >= 4 is 26.9 Å². The van der Waals surface area contributed by atoms with Gasteiger partial charge in [0.15, 0.2) is 0 Å². The Hall–Kier alpha value is -3.90. The zero-order chi connectivity index (χ0) is 26.4. The number of halogens is 3. The molecular weight excluding hydrogens is 511 g/mol. The van der Waals surface area contributed by atoms with E-state index in [0.717, 1.165) is 16.4 Å². The molecule has 0 radical (unpaired) electrons. The van der Waals surface area contributed by atoms with E-state index in [1.165, 1.54) is 18.3 Å². The summed E-state index contributed by atoms with van der Waals surface area (Å²) in [5.41, 5.74) is 0.317. The molecule has 192 valence electrons. The first-order valence-corrected chi connectivity index (χ1v) is 12.6. The number of rotatable bonds is 6. The topological polar surface area (TPSA) is 113 Å². The summed E-state index contributed by atoms with van der Waals surface area (Å²) < 4.78 is 71.3. The van der Waals surface area contributed by atoms with Crippen molar-refractivity contribution in [1.29, 1.82) is 0 Å². The summed E-state index contributed by atoms with van der Waals surface area (Å²) in [6, 6.07) is 13.1. The molecule has 0 saturated carbocycles. The van der Waals surface area contributed by atoms with Crippen molar-refractivity contribution in [1.82, 2.24) is 14.6 Å². The van der Waals surface area contributed by atoms with Crippen LogP contribution in [0.5, 0.6) is 5.75 Å². The van der Waals surface area contributed by atoms with Gasteiger partial charge in [-0.2, -0.15) is 17.5 Å². The number of amides is 1. The third kappa shape index (κ3) is 4.77. The van der Waals surface area contributed by atoms with E-state index in [1.54, 1.807) is 30.3 Å². The predicted molar refractivity (Wildman–Crippen MR) is 127 cm³/mol. The van der Waals surface area contributed by atoms with Crippen LogP contribution >= 0.6 is 0 Å². The quantitative estimate of drug-likeness (QED) is 0.384. The minimum Gasteiger partial charge on any atom is -0.507 e. The van der Waals surface area contributed by atoms with Gasteiger partial charge in [-0.25, -0.2) is 8.42 Å². The molecule has 1 aliphatic heterocycles. The smallest absolute Gasteiger partial charge is 0.416 e. The van der Waals surface area contributed by atoms with Crippen LogP contribution in [0.15, 0.2) is 76.4 Å². The molecule has 4 aromatic rings. The maximum Gasteiger partial charge on any atom is 0.416 e. The summed E-state index contributed by atoms with van der Waals surface area (Å²) >= 11 is 0. The van der Waals surface area contributed by atoms with Gasteiger partial charge in [-0.05, 0) is 48.4 Å². The molecule has 1 saturated heterocycles. The minimum absolute atomic E-state index is 0.0186. The van der Waals surface area contributed by atoms with Gasteiger partial charge in [0.2, 0.25) is 11.0 Å². The van der Waals surface area contributed by atoms with Crippen molar-refractivity contribution in [3.05, 3.63) is 78.0 Å². The number of nitrogens with one attached hydrogen (secondary N) is 1. The molecule has 1 atom stereocenters. The first-order chi connectivity index (χ1) is 17.5. The fourth-order valence-electron chi connectivity index (χ4n) is 4.08. The minimum atomic E-state index is -4.59. The van der Waals surface area contributed by atoms with Crippen LogP contribution in [0.2, 0.25) is 0 Å². The molecule has 37 heavy (non-hydrogen) atoms. The van der Waals surface area contributed by atoms with Crippen molar-refractivity contribution in [2.24, 2.45) is 0 Å². The number of alkyl halides is 3. The molecule has 0 bridgehead atoms. The Bertz CT molecular complexity index is 1570. The number of furan rings is 1. The summed E-state index contributed by atoms with van der Waals surface area (Å²) in [6.07, 6.45) is -2.86. The second-order valence-electron chi connectivity index (χ2n) is 8.52. The first kappa shape index (κ1) is 24.8. The SMILES string of the molecule is O=C(NCc1ccnc(-c2ccc(C(F)(F)F)cc2O)c1)[C@@H]1CCN1S(=O)(=O)c1cc2ccccc2o1. The highest BCUT2D eigenvalue weighted by Gasteiger charge is 2.44.